The third kappa shape index (κ3) is 1.79. The number of urea groups is 1. The quantitative estimate of drug-likeness (QED) is 0.524. The van der Waals surface area contributed by atoms with Gasteiger partial charge in [-0.1, -0.05) is 0 Å². The first-order chi connectivity index (χ1) is 5.00. The molecule has 1 aliphatic rings. The van der Waals surface area contributed by atoms with Crippen molar-refractivity contribution in [2.24, 2.45) is 4.99 Å². The second-order valence-corrected chi connectivity index (χ2v) is 1.64. The molecule has 6 heteroatoms. The monoisotopic (exact) mass is 162 g/mol. The summed E-state index contributed by atoms with van der Waals surface area (Å²) in [5.41, 5.74) is -1.34. The highest BCUT2D eigenvalue weighted by molar-refractivity contribution is 6.04. The molecule has 1 aliphatic heterocycles. The van der Waals surface area contributed by atoms with Crippen LogP contribution in [0.2, 0.25) is 0 Å². The van der Waals surface area contributed by atoms with Crippen LogP contribution in [0, 0.1) is 6.08 Å². The number of allylic oxidation sites excluding steroid dienone is 1. The zero-order valence-electron chi connectivity index (χ0n) is 5.01. The van der Waals surface area contributed by atoms with E-state index in [4.69, 9.17) is 0 Å². The number of alkyl halides is 3. The Bertz CT molecular complexity index is 241. The standard InChI is InChI=1S/C5HF3N2O/c6-5(7,8)3-1-2-9-4(11)10-3/h2H. The van der Waals surface area contributed by atoms with E-state index < -0.39 is 17.9 Å². The number of hydrogen-bond acceptors (Lipinski definition) is 1. The van der Waals surface area contributed by atoms with Gasteiger partial charge >= 0.3 is 12.2 Å². The van der Waals surface area contributed by atoms with Crippen molar-refractivity contribution in [3.05, 3.63) is 12.3 Å². The summed E-state index contributed by atoms with van der Waals surface area (Å²) in [6.45, 7) is 0. The molecule has 0 saturated carbocycles. The van der Waals surface area contributed by atoms with Gasteiger partial charge in [0.1, 0.15) is 0 Å². The van der Waals surface area contributed by atoms with Gasteiger partial charge in [0, 0.05) is 12.3 Å². The number of hydrogen-bond donors (Lipinski definition) is 0. The summed E-state index contributed by atoms with van der Waals surface area (Å²) in [4.78, 5) is 12.8. The number of rotatable bonds is 0. The number of carbonyl (C=O) groups excluding carboxylic acids is 1. The molecule has 2 amide bonds. The third-order valence-electron chi connectivity index (χ3n) is 0.852. The molecule has 1 rings (SSSR count). The molecule has 58 valence electrons. The minimum atomic E-state index is -4.62. The second kappa shape index (κ2) is 2.37. The highest BCUT2D eigenvalue weighted by atomic mass is 19.4. The van der Waals surface area contributed by atoms with E-state index in [1.54, 1.807) is 6.08 Å². The first-order valence-corrected chi connectivity index (χ1v) is 2.49. The first-order valence-electron chi connectivity index (χ1n) is 2.49. The minimum absolute atomic E-state index is 0.651. The van der Waals surface area contributed by atoms with Gasteiger partial charge in [-0.05, 0) is 0 Å². The molecule has 0 unspecified atom stereocenters. The van der Waals surface area contributed by atoms with Crippen molar-refractivity contribution in [3.63, 3.8) is 0 Å². The summed E-state index contributed by atoms with van der Waals surface area (Å²) in [5, 5.41) is 2.93. The Hall–Kier alpha value is -1.33. The Balaban J connectivity index is 2.88. The Morgan fingerprint density at radius 1 is 1.45 bits per heavy atom. The lowest BCUT2D eigenvalue weighted by Gasteiger charge is -2.06. The maximum atomic E-state index is 11.7. The highest BCUT2D eigenvalue weighted by Gasteiger charge is 2.36. The average molecular weight is 162 g/mol. The smallest absolute Gasteiger partial charge is 0.244 e. The van der Waals surface area contributed by atoms with Crippen LogP contribution < -0.4 is 5.32 Å². The fraction of sp³-hybridized carbons (Fsp3) is 0.200. The van der Waals surface area contributed by atoms with Crippen molar-refractivity contribution < 1.29 is 18.0 Å². The second-order valence-electron chi connectivity index (χ2n) is 1.64. The molecule has 0 N–H and O–H groups in total. The van der Waals surface area contributed by atoms with Gasteiger partial charge in [0.2, 0.25) is 0 Å². The van der Waals surface area contributed by atoms with Crippen LogP contribution in [0.1, 0.15) is 0 Å². The number of carbonyl (C=O) groups is 1. The van der Waals surface area contributed by atoms with Gasteiger partial charge in [0.25, 0.3) is 0 Å². The lowest BCUT2D eigenvalue weighted by Crippen LogP contribution is -2.26. The van der Waals surface area contributed by atoms with Crippen molar-refractivity contribution in [1.82, 2.24) is 5.32 Å². The summed E-state index contributed by atoms with van der Waals surface area (Å²) in [6.07, 6.45) is -2.27. The maximum absolute atomic E-state index is 11.7. The number of amides is 2. The van der Waals surface area contributed by atoms with E-state index >= 15 is 0 Å². The van der Waals surface area contributed by atoms with Crippen LogP contribution in [-0.2, 0) is 0 Å². The van der Waals surface area contributed by atoms with Crippen LogP contribution in [0.25, 0.3) is 0 Å². The SMILES string of the molecule is O=C1[N]C=[C]C(C(F)(F)F)=N1. The van der Waals surface area contributed by atoms with E-state index in [9.17, 15) is 18.0 Å². The number of aliphatic imine (C=N–C) groups is 1. The molecule has 0 saturated heterocycles. The predicted octanol–water partition coefficient (Wildman–Crippen LogP) is 1.04. The molecule has 0 atom stereocenters. The summed E-state index contributed by atoms with van der Waals surface area (Å²) in [7, 11) is 0. The van der Waals surface area contributed by atoms with Gasteiger partial charge in [-0.15, -0.1) is 0 Å². The number of nitrogens with zero attached hydrogens (tertiary/aromatic N) is 2. The van der Waals surface area contributed by atoms with Gasteiger partial charge in [-0.2, -0.15) is 23.5 Å². The lowest BCUT2D eigenvalue weighted by atomic mass is 10.3. The molecule has 2 radical (unpaired) electrons. The molecule has 11 heavy (non-hydrogen) atoms. The summed E-state index contributed by atoms with van der Waals surface area (Å²) < 4.78 is 35.1. The molecular weight excluding hydrogens is 161 g/mol. The van der Waals surface area contributed by atoms with E-state index in [1.807, 2.05) is 0 Å². The van der Waals surface area contributed by atoms with Crippen molar-refractivity contribution in [2.45, 2.75) is 6.18 Å². The minimum Gasteiger partial charge on any atom is -0.244 e. The average Bonchev–Trinajstić information content (AvgIpc) is 1.86. The van der Waals surface area contributed by atoms with Crippen LogP contribution in [0.15, 0.2) is 11.2 Å². The zero-order chi connectivity index (χ0) is 8.48. The zero-order valence-corrected chi connectivity index (χ0v) is 5.01. The van der Waals surface area contributed by atoms with Crippen LogP contribution >= 0.6 is 0 Å². The van der Waals surface area contributed by atoms with Crippen molar-refractivity contribution in [3.8, 4) is 0 Å². The normalized spacial score (nSPS) is 17.7. The van der Waals surface area contributed by atoms with Crippen molar-refractivity contribution in [1.29, 1.82) is 0 Å². The van der Waals surface area contributed by atoms with E-state index in [0.29, 0.717) is 6.20 Å². The van der Waals surface area contributed by atoms with Gasteiger partial charge in [0.15, 0.2) is 5.71 Å². The van der Waals surface area contributed by atoms with E-state index in [2.05, 4.69) is 10.3 Å². The molecule has 0 spiro atoms. The Morgan fingerprint density at radius 3 is 2.45 bits per heavy atom. The van der Waals surface area contributed by atoms with Gasteiger partial charge in [0.05, 0.1) is 0 Å². The highest BCUT2D eigenvalue weighted by Crippen LogP contribution is 2.18. The molecule has 0 aliphatic carbocycles. The number of halogens is 3. The third-order valence-corrected chi connectivity index (χ3v) is 0.852. The lowest BCUT2D eigenvalue weighted by molar-refractivity contribution is -0.0581. The molecule has 0 aromatic heterocycles. The largest absolute Gasteiger partial charge is 0.434 e. The Kier molecular flexibility index (Phi) is 1.67. The van der Waals surface area contributed by atoms with Gasteiger partial charge in [-0.25, -0.2) is 4.79 Å². The molecule has 3 nitrogen and oxygen atoms in total. The molecule has 0 aromatic rings. The van der Waals surface area contributed by atoms with E-state index in [-0.39, 0.29) is 0 Å². The Labute approximate surface area is 59.6 Å². The molecule has 0 fully saturated rings. The predicted molar refractivity (Wildman–Crippen MR) is 28.8 cm³/mol. The summed E-state index contributed by atoms with van der Waals surface area (Å²) in [6, 6.07) is -1.16. The maximum Gasteiger partial charge on any atom is 0.434 e. The fourth-order valence-electron chi connectivity index (χ4n) is 0.451. The van der Waals surface area contributed by atoms with Crippen LogP contribution in [-0.4, -0.2) is 17.9 Å². The van der Waals surface area contributed by atoms with E-state index in [1.165, 1.54) is 0 Å². The van der Waals surface area contributed by atoms with Crippen molar-refractivity contribution >= 4 is 11.7 Å². The van der Waals surface area contributed by atoms with Crippen molar-refractivity contribution in [2.75, 3.05) is 0 Å². The van der Waals surface area contributed by atoms with E-state index in [0.717, 1.165) is 0 Å². The molecular formula is C5HF3N2O. The van der Waals surface area contributed by atoms with Crippen LogP contribution in [0.3, 0.4) is 0 Å². The van der Waals surface area contributed by atoms with Gasteiger partial charge < -0.3 is 0 Å². The molecule has 0 aromatic carbocycles. The summed E-state index contributed by atoms with van der Waals surface area (Å²) in [5.74, 6) is 0. The van der Waals surface area contributed by atoms with Crippen LogP contribution in [0.5, 0.6) is 0 Å². The molecule has 0 bridgehead atoms. The molecule has 1 heterocycles. The fourth-order valence-corrected chi connectivity index (χ4v) is 0.451. The van der Waals surface area contributed by atoms with Gasteiger partial charge in [-0.3, -0.25) is 0 Å². The van der Waals surface area contributed by atoms with Crippen LogP contribution in [0.4, 0.5) is 18.0 Å². The Morgan fingerprint density at radius 2 is 2.09 bits per heavy atom. The summed E-state index contributed by atoms with van der Waals surface area (Å²) >= 11 is 0. The topological polar surface area (TPSA) is 43.5 Å². The first kappa shape index (κ1) is 7.77.